The lowest BCUT2D eigenvalue weighted by Gasteiger charge is -2.14. The molecule has 0 spiro atoms. The average molecular weight is 410 g/mol. The molecule has 2 aromatic carbocycles. The van der Waals surface area contributed by atoms with E-state index in [0.717, 1.165) is 31.4 Å². The number of fused-ring (bicyclic) bond motifs is 1. The Morgan fingerprint density at radius 3 is 2.55 bits per heavy atom. The second-order valence-corrected chi connectivity index (χ2v) is 7.90. The predicted molar refractivity (Wildman–Crippen MR) is 120 cm³/mol. The van der Waals surface area contributed by atoms with Crippen LogP contribution >= 0.6 is 11.8 Å². The number of aryl methyl sites for hydroxylation is 1. The highest BCUT2D eigenvalue weighted by Crippen LogP contribution is 2.22. The van der Waals surface area contributed by atoms with E-state index < -0.39 is 0 Å². The highest BCUT2D eigenvalue weighted by atomic mass is 32.2. The van der Waals surface area contributed by atoms with Gasteiger partial charge in [0.05, 0.1) is 22.3 Å². The molecule has 1 N–H and O–H groups in total. The zero-order chi connectivity index (χ0) is 20.6. The Morgan fingerprint density at radius 1 is 1.07 bits per heavy atom. The minimum absolute atomic E-state index is 0.0549. The van der Waals surface area contributed by atoms with E-state index >= 15 is 0 Å². The maximum atomic E-state index is 13.2. The highest BCUT2D eigenvalue weighted by molar-refractivity contribution is 7.99. The van der Waals surface area contributed by atoms with Crippen molar-refractivity contribution >= 4 is 28.6 Å². The van der Waals surface area contributed by atoms with Crippen molar-refractivity contribution in [3.63, 3.8) is 0 Å². The van der Waals surface area contributed by atoms with Gasteiger partial charge in [0.1, 0.15) is 0 Å². The van der Waals surface area contributed by atoms with Gasteiger partial charge < -0.3 is 5.32 Å². The minimum Gasteiger partial charge on any atom is -0.355 e. The number of thioether (sulfide) groups is 1. The Bertz CT molecular complexity index is 1030. The molecule has 3 rings (SSSR count). The first-order valence-corrected chi connectivity index (χ1v) is 11.1. The molecule has 1 amide bonds. The van der Waals surface area contributed by atoms with Gasteiger partial charge in [-0.2, -0.15) is 0 Å². The zero-order valence-corrected chi connectivity index (χ0v) is 17.8. The molecule has 0 radical (unpaired) electrons. The van der Waals surface area contributed by atoms with Crippen molar-refractivity contribution in [1.29, 1.82) is 0 Å². The maximum absolute atomic E-state index is 13.2. The molecule has 0 saturated carbocycles. The van der Waals surface area contributed by atoms with Crippen molar-refractivity contribution in [3.8, 4) is 5.69 Å². The van der Waals surface area contributed by atoms with Crippen molar-refractivity contribution in [1.82, 2.24) is 14.9 Å². The smallest absolute Gasteiger partial charge is 0.266 e. The Hall–Kier alpha value is -2.60. The molecule has 29 heavy (non-hydrogen) atoms. The summed E-state index contributed by atoms with van der Waals surface area (Å²) in [5, 5.41) is 3.97. The lowest BCUT2D eigenvalue weighted by atomic mass is 10.1. The maximum Gasteiger partial charge on any atom is 0.266 e. The number of hydrogen-bond donors (Lipinski definition) is 1. The molecular weight excluding hydrogens is 382 g/mol. The topological polar surface area (TPSA) is 64.0 Å². The van der Waals surface area contributed by atoms with Crippen LogP contribution in [-0.2, 0) is 11.2 Å². The van der Waals surface area contributed by atoms with Crippen LogP contribution in [0.5, 0.6) is 0 Å². The van der Waals surface area contributed by atoms with Gasteiger partial charge in [0.15, 0.2) is 5.16 Å². The van der Waals surface area contributed by atoms with Crippen LogP contribution in [0.2, 0.25) is 0 Å². The Labute approximate surface area is 175 Å². The van der Waals surface area contributed by atoms with E-state index in [-0.39, 0.29) is 17.2 Å². The van der Waals surface area contributed by atoms with Gasteiger partial charge in [-0.15, -0.1) is 0 Å². The third kappa shape index (κ3) is 5.26. The van der Waals surface area contributed by atoms with Crippen LogP contribution in [-0.4, -0.2) is 27.8 Å². The van der Waals surface area contributed by atoms with E-state index in [1.165, 1.54) is 17.3 Å². The second kappa shape index (κ2) is 10.3. The fraction of sp³-hybridized carbons (Fsp3) is 0.348. The van der Waals surface area contributed by atoms with Crippen molar-refractivity contribution in [2.24, 2.45) is 0 Å². The molecular formula is C23H27N3O2S. The van der Waals surface area contributed by atoms with Gasteiger partial charge in [-0.3, -0.25) is 14.2 Å². The second-order valence-electron chi connectivity index (χ2n) is 6.96. The molecule has 0 saturated heterocycles. The van der Waals surface area contributed by atoms with Gasteiger partial charge in [-0.05, 0) is 49.1 Å². The number of unbranched alkanes of at least 4 members (excludes halogenated alkanes) is 1. The van der Waals surface area contributed by atoms with Gasteiger partial charge >= 0.3 is 0 Å². The number of carbonyl (C=O) groups is 1. The lowest BCUT2D eigenvalue weighted by molar-refractivity contribution is -0.118. The minimum atomic E-state index is -0.117. The van der Waals surface area contributed by atoms with Gasteiger partial charge in [-0.25, -0.2) is 4.98 Å². The van der Waals surface area contributed by atoms with Gasteiger partial charge in [0.2, 0.25) is 5.91 Å². The van der Waals surface area contributed by atoms with Crippen molar-refractivity contribution < 1.29 is 4.79 Å². The van der Waals surface area contributed by atoms with Crippen LogP contribution in [0, 0.1) is 0 Å². The number of nitrogens with zero attached hydrogens (tertiary/aromatic N) is 2. The van der Waals surface area contributed by atoms with Crippen molar-refractivity contribution in [3.05, 3.63) is 64.4 Å². The number of amides is 1. The number of nitrogens with one attached hydrogen (secondary N) is 1. The fourth-order valence-corrected chi connectivity index (χ4v) is 3.92. The fourth-order valence-electron chi connectivity index (χ4n) is 3.07. The van der Waals surface area contributed by atoms with E-state index in [1.807, 2.05) is 37.3 Å². The Morgan fingerprint density at radius 2 is 1.83 bits per heavy atom. The molecule has 3 aromatic rings. The van der Waals surface area contributed by atoms with E-state index in [0.29, 0.717) is 22.6 Å². The normalized spacial score (nSPS) is 11.0. The number of benzene rings is 2. The van der Waals surface area contributed by atoms with Crippen LogP contribution in [0.3, 0.4) is 0 Å². The molecule has 0 aliphatic rings. The molecule has 5 nitrogen and oxygen atoms in total. The summed E-state index contributed by atoms with van der Waals surface area (Å²) in [6.07, 6.45) is 4.21. The third-order valence-corrected chi connectivity index (χ3v) is 5.60. The Balaban J connectivity index is 1.98. The molecule has 6 heteroatoms. The summed E-state index contributed by atoms with van der Waals surface area (Å²) in [4.78, 5) is 30.0. The lowest BCUT2D eigenvalue weighted by Crippen LogP contribution is -2.27. The molecule has 152 valence electrons. The number of para-hydroxylation sites is 1. The number of hydrogen-bond acceptors (Lipinski definition) is 4. The SMILES string of the molecule is CCCCc1ccc(-n2c(SCC(=O)NCCC)nc3ccccc3c2=O)cc1. The standard InChI is InChI=1S/C23H27N3O2S/c1-3-5-8-17-11-13-18(14-12-17)26-22(28)19-9-6-7-10-20(19)25-23(26)29-16-21(27)24-15-4-2/h6-7,9-14H,3-5,8,15-16H2,1-2H3,(H,24,27). The van der Waals surface area contributed by atoms with E-state index in [9.17, 15) is 9.59 Å². The van der Waals surface area contributed by atoms with Crippen LogP contribution < -0.4 is 10.9 Å². The van der Waals surface area contributed by atoms with Crippen LogP contribution in [0.15, 0.2) is 58.5 Å². The summed E-state index contributed by atoms with van der Waals surface area (Å²) in [6, 6.07) is 15.4. The molecule has 0 fully saturated rings. The summed E-state index contributed by atoms with van der Waals surface area (Å²) in [5.74, 6) is 0.167. The van der Waals surface area contributed by atoms with Gasteiger partial charge in [-0.1, -0.05) is 56.3 Å². The van der Waals surface area contributed by atoms with Crippen molar-refractivity contribution in [2.75, 3.05) is 12.3 Å². The number of aromatic nitrogens is 2. The number of rotatable bonds is 9. The summed E-state index contributed by atoms with van der Waals surface area (Å²) in [5.41, 5.74) is 2.55. The molecule has 0 aliphatic carbocycles. The van der Waals surface area contributed by atoms with Crippen LogP contribution in [0.25, 0.3) is 16.6 Å². The molecule has 0 aliphatic heterocycles. The van der Waals surface area contributed by atoms with Gasteiger partial charge in [0.25, 0.3) is 5.56 Å². The predicted octanol–water partition coefficient (Wildman–Crippen LogP) is 4.35. The average Bonchev–Trinajstić information content (AvgIpc) is 2.75. The molecule has 1 heterocycles. The van der Waals surface area contributed by atoms with Crippen LogP contribution in [0.1, 0.15) is 38.7 Å². The molecule has 0 bridgehead atoms. The Kier molecular flexibility index (Phi) is 7.47. The largest absolute Gasteiger partial charge is 0.355 e. The van der Waals surface area contributed by atoms with E-state index in [2.05, 4.69) is 29.4 Å². The van der Waals surface area contributed by atoms with Crippen molar-refractivity contribution in [2.45, 2.75) is 44.7 Å². The first kappa shape index (κ1) is 21.1. The monoisotopic (exact) mass is 409 g/mol. The first-order valence-electron chi connectivity index (χ1n) is 10.1. The first-order chi connectivity index (χ1) is 14.1. The summed E-state index contributed by atoms with van der Waals surface area (Å²) < 4.78 is 1.61. The van der Waals surface area contributed by atoms with E-state index in [1.54, 1.807) is 10.6 Å². The summed E-state index contributed by atoms with van der Waals surface area (Å²) in [6.45, 7) is 4.84. The molecule has 0 atom stereocenters. The quantitative estimate of drug-likeness (QED) is 0.422. The molecule has 1 aromatic heterocycles. The highest BCUT2D eigenvalue weighted by Gasteiger charge is 2.14. The van der Waals surface area contributed by atoms with E-state index in [4.69, 9.17) is 0 Å². The van der Waals surface area contributed by atoms with Crippen LogP contribution in [0.4, 0.5) is 0 Å². The van der Waals surface area contributed by atoms with Gasteiger partial charge in [0, 0.05) is 6.54 Å². The summed E-state index contributed by atoms with van der Waals surface area (Å²) in [7, 11) is 0. The third-order valence-electron chi connectivity index (χ3n) is 4.66. The molecule has 0 unspecified atom stereocenters. The zero-order valence-electron chi connectivity index (χ0n) is 17.0. The summed E-state index contributed by atoms with van der Waals surface area (Å²) >= 11 is 1.29. The number of carbonyl (C=O) groups excluding carboxylic acids is 1.